The molecule has 0 unspecified atom stereocenters. The Hall–Kier alpha value is -4.20. The standard InChI is InChI=1S/C27H26N4O5S/c28-20-23-19-24(11-12-26(23)30-15-13-29(14-16-30)17-18-36-21-32)31(27(33)22-7-3-1-4-8-22)37(34,35)25-9-5-2-6-10-25/h1-12,19,21H,13-18H2. The van der Waals surface area contributed by atoms with Crippen molar-refractivity contribution in [2.24, 2.45) is 0 Å². The average molecular weight is 519 g/mol. The fourth-order valence-corrected chi connectivity index (χ4v) is 5.65. The van der Waals surface area contributed by atoms with Gasteiger partial charge in [0, 0.05) is 38.3 Å². The van der Waals surface area contributed by atoms with Gasteiger partial charge in [0.1, 0.15) is 12.7 Å². The van der Waals surface area contributed by atoms with E-state index < -0.39 is 15.9 Å². The van der Waals surface area contributed by atoms with Gasteiger partial charge in [-0.25, -0.2) is 8.42 Å². The van der Waals surface area contributed by atoms with Gasteiger partial charge in [0.15, 0.2) is 0 Å². The third-order valence-corrected chi connectivity index (χ3v) is 7.85. The van der Waals surface area contributed by atoms with Crippen molar-refractivity contribution in [2.75, 3.05) is 48.5 Å². The summed E-state index contributed by atoms with van der Waals surface area (Å²) < 4.78 is 32.8. The highest BCUT2D eigenvalue weighted by Crippen LogP contribution is 2.31. The molecule has 9 nitrogen and oxygen atoms in total. The molecular formula is C27H26N4O5S. The Kier molecular flexibility index (Phi) is 8.18. The molecule has 10 heteroatoms. The Morgan fingerprint density at radius 3 is 2.24 bits per heavy atom. The molecule has 1 aliphatic heterocycles. The predicted molar refractivity (Wildman–Crippen MR) is 139 cm³/mol. The van der Waals surface area contributed by atoms with Crippen LogP contribution >= 0.6 is 0 Å². The number of hydrogen-bond donors (Lipinski definition) is 0. The lowest BCUT2D eigenvalue weighted by atomic mass is 10.1. The summed E-state index contributed by atoms with van der Waals surface area (Å²) in [5, 5.41) is 9.94. The molecule has 0 radical (unpaired) electrons. The molecule has 0 saturated carbocycles. The number of nitriles is 1. The molecule has 0 spiro atoms. The van der Waals surface area contributed by atoms with Crippen LogP contribution in [-0.2, 0) is 19.6 Å². The molecule has 1 amide bonds. The van der Waals surface area contributed by atoms with Crippen LogP contribution < -0.4 is 9.21 Å². The lowest BCUT2D eigenvalue weighted by Crippen LogP contribution is -2.47. The number of sulfonamides is 1. The summed E-state index contributed by atoms with van der Waals surface area (Å²) in [6.45, 7) is 4.11. The van der Waals surface area contributed by atoms with Crippen molar-refractivity contribution in [1.29, 1.82) is 5.26 Å². The number of benzene rings is 3. The van der Waals surface area contributed by atoms with Gasteiger partial charge in [0.2, 0.25) is 0 Å². The summed E-state index contributed by atoms with van der Waals surface area (Å²) >= 11 is 0. The maximum Gasteiger partial charge on any atom is 0.293 e. The molecule has 1 aliphatic rings. The zero-order valence-corrected chi connectivity index (χ0v) is 20.9. The molecule has 4 rings (SSSR count). The Labute approximate surface area is 216 Å². The van der Waals surface area contributed by atoms with E-state index in [1.54, 1.807) is 60.7 Å². The van der Waals surface area contributed by atoms with E-state index in [9.17, 15) is 23.3 Å². The largest absolute Gasteiger partial charge is 0.467 e. The minimum atomic E-state index is -4.27. The first-order valence-corrected chi connectivity index (χ1v) is 13.2. The molecule has 0 atom stereocenters. The highest BCUT2D eigenvalue weighted by Gasteiger charge is 2.32. The molecule has 3 aromatic rings. The van der Waals surface area contributed by atoms with E-state index in [1.807, 2.05) is 0 Å². The SMILES string of the molecule is N#Cc1cc(N(C(=O)c2ccccc2)S(=O)(=O)c2ccccc2)ccc1N1CCN(CCOC=O)CC1. The van der Waals surface area contributed by atoms with Crippen molar-refractivity contribution in [2.45, 2.75) is 4.90 Å². The highest BCUT2D eigenvalue weighted by molar-refractivity contribution is 7.93. The normalized spacial score (nSPS) is 14.0. The van der Waals surface area contributed by atoms with E-state index in [4.69, 9.17) is 4.74 Å². The number of nitrogens with zero attached hydrogens (tertiary/aromatic N) is 4. The Morgan fingerprint density at radius 1 is 0.973 bits per heavy atom. The maximum atomic E-state index is 13.7. The summed E-state index contributed by atoms with van der Waals surface area (Å²) in [7, 11) is -4.27. The fraction of sp³-hybridized carbons (Fsp3) is 0.222. The number of anilines is 2. The van der Waals surface area contributed by atoms with Crippen LogP contribution in [0.5, 0.6) is 0 Å². The molecule has 3 aromatic carbocycles. The Morgan fingerprint density at radius 2 is 1.62 bits per heavy atom. The van der Waals surface area contributed by atoms with E-state index in [2.05, 4.69) is 15.9 Å². The van der Waals surface area contributed by atoms with Crippen LogP contribution in [0.25, 0.3) is 0 Å². The van der Waals surface area contributed by atoms with E-state index in [0.717, 1.165) is 17.4 Å². The second-order valence-electron chi connectivity index (χ2n) is 8.36. The van der Waals surface area contributed by atoms with E-state index >= 15 is 0 Å². The van der Waals surface area contributed by atoms with Crippen molar-refractivity contribution in [3.63, 3.8) is 0 Å². The molecule has 0 N–H and O–H groups in total. The third-order valence-electron chi connectivity index (χ3n) is 6.13. The first-order valence-electron chi connectivity index (χ1n) is 11.7. The minimum Gasteiger partial charge on any atom is -0.467 e. The van der Waals surface area contributed by atoms with Crippen LogP contribution in [0.1, 0.15) is 15.9 Å². The first-order chi connectivity index (χ1) is 18.0. The second kappa shape index (κ2) is 11.7. The van der Waals surface area contributed by atoms with Gasteiger partial charge in [0.25, 0.3) is 22.4 Å². The lowest BCUT2D eigenvalue weighted by Gasteiger charge is -2.36. The summed E-state index contributed by atoms with van der Waals surface area (Å²) in [6, 6.07) is 22.8. The summed E-state index contributed by atoms with van der Waals surface area (Å²) in [5.41, 5.74) is 1.23. The van der Waals surface area contributed by atoms with Crippen molar-refractivity contribution in [1.82, 2.24) is 4.90 Å². The smallest absolute Gasteiger partial charge is 0.293 e. The lowest BCUT2D eigenvalue weighted by molar-refractivity contribution is -0.129. The van der Waals surface area contributed by atoms with Gasteiger partial charge in [-0.15, -0.1) is 0 Å². The first kappa shape index (κ1) is 25.9. The zero-order valence-electron chi connectivity index (χ0n) is 20.1. The van der Waals surface area contributed by atoms with E-state index in [-0.39, 0.29) is 21.7 Å². The number of ether oxygens (including phenoxy) is 1. The van der Waals surface area contributed by atoms with Gasteiger partial charge < -0.3 is 9.64 Å². The van der Waals surface area contributed by atoms with Gasteiger partial charge in [0.05, 0.1) is 21.8 Å². The molecule has 1 heterocycles. The van der Waals surface area contributed by atoms with E-state index in [0.29, 0.717) is 38.4 Å². The van der Waals surface area contributed by atoms with Crippen LogP contribution in [-0.4, -0.2) is 65.0 Å². The second-order valence-corrected chi connectivity index (χ2v) is 10.1. The topological polar surface area (TPSA) is 111 Å². The Bertz CT molecular complexity index is 1380. The quantitative estimate of drug-likeness (QED) is 0.314. The molecule has 0 bridgehead atoms. The van der Waals surface area contributed by atoms with Gasteiger partial charge in [-0.05, 0) is 42.5 Å². The minimum absolute atomic E-state index is 0.0310. The van der Waals surface area contributed by atoms with E-state index in [1.165, 1.54) is 18.2 Å². The Balaban J connectivity index is 1.66. The van der Waals surface area contributed by atoms with Crippen LogP contribution in [0.2, 0.25) is 0 Å². The van der Waals surface area contributed by atoms with Crippen molar-refractivity contribution in [3.05, 3.63) is 90.0 Å². The molecular weight excluding hydrogens is 492 g/mol. The molecule has 1 saturated heterocycles. The summed E-state index contributed by atoms with van der Waals surface area (Å²) in [6.07, 6.45) is 0. The fourth-order valence-electron chi connectivity index (χ4n) is 4.22. The van der Waals surface area contributed by atoms with Gasteiger partial charge in [-0.1, -0.05) is 36.4 Å². The van der Waals surface area contributed by atoms with Gasteiger partial charge in [-0.2, -0.15) is 9.57 Å². The van der Waals surface area contributed by atoms with Crippen LogP contribution in [0.4, 0.5) is 11.4 Å². The number of rotatable bonds is 9. The number of carbonyl (C=O) groups is 2. The average Bonchev–Trinajstić information content (AvgIpc) is 2.94. The molecule has 190 valence electrons. The van der Waals surface area contributed by atoms with Gasteiger partial charge in [-0.3, -0.25) is 14.5 Å². The number of piperazine rings is 1. The number of carbonyl (C=O) groups excluding carboxylic acids is 2. The molecule has 37 heavy (non-hydrogen) atoms. The van der Waals surface area contributed by atoms with Crippen molar-refractivity contribution < 1.29 is 22.7 Å². The molecule has 1 fully saturated rings. The van der Waals surface area contributed by atoms with Crippen molar-refractivity contribution in [3.8, 4) is 6.07 Å². The number of amides is 1. The monoisotopic (exact) mass is 518 g/mol. The molecule has 0 aliphatic carbocycles. The summed E-state index contributed by atoms with van der Waals surface area (Å²) in [5.74, 6) is -0.716. The van der Waals surface area contributed by atoms with Crippen LogP contribution in [0.3, 0.4) is 0 Å². The summed E-state index contributed by atoms with van der Waals surface area (Å²) in [4.78, 5) is 28.0. The van der Waals surface area contributed by atoms with Gasteiger partial charge >= 0.3 is 0 Å². The number of hydrogen-bond acceptors (Lipinski definition) is 8. The van der Waals surface area contributed by atoms with Crippen LogP contribution in [0.15, 0.2) is 83.8 Å². The third kappa shape index (κ3) is 5.80. The highest BCUT2D eigenvalue weighted by atomic mass is 32.2. The predicted octanol–water partition coefficient (Wildman–Crippen LogP) is 2.89. The molecule has 0 aromatic heterocycles. The van der Waals surface area contributed by atoms with Crippen molar-refractivity contribution >= 4 is 33.8 Å². The maximum absolute atomic E-state index is 13.7. The zero-order chi connectivity index (χ0) is 26.3. The van der Waals surface area contributed by atoms with Crippen LogP contribution in [0, 0.1) is 11.3 Å².